The van der Waals surface area contributed by atoms with E-state index >= 15 is 0 Å². The maximum atomic E-state index is 4.53. The van der Waals surface area contributed by atoms with Gasteiger partial charge in [-0.3, -0.25) is 5.43 Å². The van der Waals surface area contributed by atoms with Crippen LogP contribution >= 0.6 is 15.9 Å². The number of rotatable bonds is 4. The minimum Gasteiger partial charge on any atom is -0.278 e. The molecule has 0 spiro atoms. The Morgan fingerprint density at radius 1 is 0.880 bits per heavy atom. The molecule has 3 aromatic carbocycles. The van der Waals surface area contributed by atoms with Crippen molar-refractivity contribution in [2.24, 2.45) is 5.10 Å². The van der Waals surface area contributed by atoms with E-state index < -0.39 is 0 Å². The summed E-state index contributed by atoms with van der Waals surface area (Å²) in [7, 11) is 0. The lowest BCUT2D eigenvalue weighted by Crippen LogP contribution is -1.97. The molecule has 25 heavy (non-hydrogen) atoms. The van der Waals surface area contributed by atoms with Crippen molar-refractivity contribution < 1.29 is 0 Å². The Morgan fingerprint density at radius 3 is 2.44 bits per heavy atom. The number of benzene rings is 3. The zero-order valence-corrected chi connectivity index (χ0v) is 14.8. The topological polar surface area (TPSA) is 55.1 Å². The van der Waals surface area contributed by atoms with Crippen LogP contribution in [0.25, 0.3) is 16.7 Å². The average molecular weight is 392 g/mol. The van der Waals surface area contributed by atoms with Crippen molar-refractivity contribution in [1.29, 1.82) is 0 Å². The molecule has 4 rings (SSSR count). The normalized spacial score (nSPS) is 11.2. The highest BCUT2D eigenvalue weighted by molar-refractivity contribution is 9.10. The summed E-state index contributed by atoms with van der Waals surface area (Å²) in [6.07, 6.45) is 1.78. The van der Waals surface area contributed by atoms with Crippen LogP contribution in [0, 0.1) is 0 Å². The molecule has 6 heteroatoms. The maximum absolute atomic E-state index is 4.53. The number of hydrogen-bond donors (Lipinski definition) is 1. The zero-order chi connectivity index (χ0) is 17.1. The van der Waals surface area contributed by atoms with Gasteiger partial charge in [-0.1, -0.05) is 46.3 Å². The van der Waals surface area contributed by atoms with Gasteiger partial charge in [-0.2, -0.15) is 9.90 Å². The van der Waals surface area contributed by atoms with Gasteiger partial charge in [0.2, 0.25) is 0 Å². The monoisotopic (exact) mass is 391 g/mol. The van der Waals surface area contributed by atoms with Crippen LogP contribution in [0.15, 0.2) is 82.4 Å². The van der Waals surface area contributed by atoms with Crippen molar-refractivity contribution in [3.05, 3.63) is 82.8 Å². The van der Waals surface area contributed by atoms with Gasteiger partial charge in [0.15, 0.2) is 0 Å². The molecule has 4 aromatic rings. The van der Waals surface area contributed by atoms with Gasteiger partial charge in [0.1, 0.15) is 11.0 Å². The molecule has 5 nitrogen and oxygen atoms in total. The molecule has 122 valence electrons. The van der Waals surface area contributed by atoms with Gasteiger partial charge in [-0.05, 0) is 48.0 Å². The van der Waals surface area contributed by atoms with E-state index in [2.05, 4.69) is 36.7 Å². The summed E-state index contributed by atoms with van der Waals surface area (Å²) in [6.45, 7) is 0. The third kappa shape index (κ3) is 3.59. The van der Waals surface area contributed by atoms with Crippen molar-refractivity contribution in [3.8, 4) is 5.69 Å². The fourth-order valence-electron chi connectivity index (χ4n) is 2.39. The molecule has 0 saturated heterocycles. The first-order valence-corrected chi connectivity index (χ1v) is 8.54. The van der Waals surface area contributed by atoms with Gasteiger partial charge in [-0.15, -0.1) is 10.2 Å². The van der Waals surface area contributed by atoms with Gasteiger partial charge in [-0.25, -0.2) is 0 Å². The van der Waals surface area contributed by atoms with Crippen LogP contribution in [-0.2, 0) is 0 Å². The second-order valence-electron chi connectivity index (χ2n) is 5.45. The van der Waals surface area contributed by atoms with E-state index in [0.717, 1.165) is 32.4 Å². The summed E-state index contributed by atoms with van der Waals surface area (Å²) in [5.41, 5.74) is 7.50. The smallest absolute Gasteiger partial charge is 0.115 e. The highest BCUT2D eigenvalue weighted by atomic mass is 79.9. The first-order chi connectivity index (χ1) is 12.3. The molecule has 0 amide bonds. The highest BCUT2D eigenvalue weighted by Crippen LogP contribution is 2.17. The first-order valence-electron chi connectivity index (χ1n) is 7.75. The molecule has 1 heterocycles. The summed E-state index contributed by atoms with van der Waals surface area (Å²) in [4.78, 5) is 1.64. The molecule has 1 N–H and O–H groups in total. The van der Waals surface area contributed by atoms with Crippen LogP contribution in [0.4, 0.5) is 5.69 Å². The molecule has 0 aliphatic heterocycles. The zero-order valence-electron chi connectivity index (χ0n) is 13.2. The number of aromatic nitrogens is 3. The van der Waals surface area contributed by atoms with E-state index in [4.69, 9.17) is 0 Å². The van der Waals surface area contributed by atoms with Crippen LogP contribution in [0.2, 0.25) is 0 Å². The quantitative estimate of drug-likeness (QED) is 0.407. The first kappa shape index (κ1) is 15.5. The largest absolute Gasteiger partial charge is 0.278 e. The van der Waals surface area contributed by atoms with Crippen LogP contribution in [0.1, 0.15) is 5.56 Å². The van der Waals surface area contributed by atoms with E-state index in [-0.39, 0.29) is 0 Å². The number of nitrogens with one attached hydrogen (secondary N) is 1. The predicted octanol–water partition coefficient (Wildman–Crippen LogP) is 4.63. The Kier molecular flexibility index (Phi) is 4.26. The Labute approximate surface area is 153 Å². The fraction of sp³-hybridized carbons (Fsp3) is 0. The second kappa shape index (κ2) is 6.86. The molecule has 0 aliphatic carbocycles. The molecule has 1 aromatic heterocycles. The summed E-state index contributed by atoms with van der Waals surface area (Å²) in [5, 5.41) is 13.3. The third-order valence-corrected chi connectivity index (χ3v) is 4.17. The lowest BCUT2D eigenvalue weighted by atomic mass is 10.2. The molecule has 0 radical (unpaired) electrons. The van der Waals surface area contributed by atoms with Crippen molar-refractivity contribution in [3.63, 3.8) is 0 Å². The molecule has 0 bridgehead atoms. The Bertz CT molecular complexity index is 1020. The number of halogens is 1. The van der Waals surface area contributed by atoms with Crippen LogP contribution in [-0.4, -0.2) is 21.2 Å². The molecule has 0 saturated carbocycles. The van der Waals surface area contributed by atoms with Gasteiger partial charge in [0.25, 0.3) is 0 Å². The molecule has 0 fully saturated rings. The van der Waals surface area contributed by atoms with Crippen molar-refractivity contribution in [2.45, 2.75) is 0 Å². The minimum absolute atomic E-state index is 0.813. The van der Waals surface area contributed by atoms with Gasteiger partial charge in [0, 0.05) is 4.47 Å². The Balaban J connectivity index is 1.54. The molecule has 0 aliphatic rings. The molecule has 0 atom stereocenters. The molecular formula is C19H14BrN5. The van der Waals surface area contributed by atoms with Crippen LogP contribution < -0.4 is 5.43 Å². The number of para-hydroxylation sites is 1. The Hall–Kier alpha value is -2.99. The fourth-order valence-corrected chi connectivity index (χ4v) is 2.66. The van der Waals surface area contributed by atoms with E-state index in [1.165, 1.54) is 0 Å². The summed E-state index contributed by atoms with van der Waals surface area (Å²) >= 11 is 3.42. The predicted molar refractivity (Wildman–Crippen MR) is 104 cm³/mol. The summed E-state index contributed by atoms with van der Waals surface area (Å²) in [5.74, 6) is 0. The van der Waals surface area contributed by atoms with E-state index in [1.54, 1.807) is 11.0 Å². The molecule has 0 unspecified atom stereocenters. The van der Waals surface area contributed by atoms with E-state index in [0.29, 0.717) is 0 Å². The van der Waals surface area contributed by atoms with Gasteiger partial charge in [0.05, 0.1) is 17.6 Å². The standard InChI is InChI=1S/C19H14BrN5/c20-15-8-6-14(7-9-15)13-21-22-16-10-11-18-19(12-16)24-25(23-18)17-4-2-1-3-5-17/h1-13,22H. The molecular weight excluding hydrogens is 378 g/mol. The van der Waals surface area contributed by atoms with Crippen LogP contribution in [0.3, 0.4) is 0 Å². The highest BCUT2D eigenvalue weighted by Gasteiger charge is 2.05. The van der Waals surface area contributed by atoms with Gasteiger partial charge >= 0.3 is 0 Å². The van der Waals surface area contributed by atoms with Gasteiger partial charge < -0.3 is 0 Å². The number of anilines is 1. The number of fused-ring (bicyclic) bond motifs is 1. The van der Waals surface area contributed by atoms with Crippen molar-refractivity contribution in [2.75, 3.05) is 5.43 Å². The van der Waals surface area contributed by atoms with E-state index in [1.807, 2.05) is 72.8 Å². The van der Waals surface area contributed by atoms with E-state index in [9.17, 15) is 0 Å². The van der Waals surface area contributed by atoms with Crippen LogP contribution in [0.5, 0.6) is 0 Å². The third-order valence-electron chi connectivity index (χ3n) is 3.64. The number of nitrogens with zero attached hydrogens (tertiary/aromatic N) is 4. The number of hydrogen-bond acceptors (Lipinski definition) is 4. The lowest BCUT2D eigenvalue weighted by Gasteiger charge is -1.99. The maximum Gasteiger partial charge on any atom is 0.115 e. The Morgan fingerprint density at radius 2 is 1.64 bits per heavy atom. The summed E-state index contributed by atoms with van der Waals surface area (Å²) in [6, 6.07) is 23.6. The lowest BCUT2D eigenvalue weighted by molar-refractivity contribution is 0.766. The van der Waals surface area contributed by atoms with Crippen molar-refractivity contribution >= 4 is 38.9 Å². The summed E-state index contributed by atoms with van der Waals surface area (Å²) < 4.78 is 1.05. The SMILES string of the molecule is Brc1ccc(C=NNc2ccc3nn(-c4ccccc4)nc3c2)cc1. The average Bonchev–Trinajstić information content (AvgIpc) is 3.07. The minimum atomic E-state index is 0.813. The number of hydrazone groups is 1. The second-order valence-corrected chi connectivity index (χ2v) is 6.37. The van der Waals surface area contributed by atoms with Crippen molar-refractivity contribution in [1.82, 2.24) is 15.0 Å².